The number of amides is 1. The first-order chi connectivity index (χ1) is 11.7. The molecule has 3 rings (SSSR count). The summed E-state index contributed by atoms with van der Waals surface area (Å²) in [7, 11) is 0. The van der Waals surface area contributed by atoms with E-state index in [1.165, 1.54) is 47.6 Å². The maximum absolute atomic E-state index is 12.4. The summed E-state index contributed by atoms with van der Waals surface area (Å²) in [6.45, 7) is 2.09. The van der Waals surface area contributed by atoms with E-state index in [4.69, 9.17) is 0 Å². The van der Waals surface area contributed by atoms with Crippen molar-refractivity contribution in [3.8, 4) is 0 Å². The summed E-state index contributed by atoms with van der Waals surface area (Å²) in [5.41, 5.74) is 0.130. The van der Waals surface area contributed by atoms with E-state index < -0.39 is 0 Å². The molecule has 2 heterocycles. The highest BCUT2D eigenvalue weighted by Crippen LogP contribution is 2.28. The first kappa shape index (κ1) is 16.7. The predicted molar refractivity (Wildman–Crippen MR) is 90.7 cm³/mol. The lowest BCUT2D eigenvalue weighted by Crippen LogP contribution is -2.44. The van der Waals surface area contributed by atoms with Gasteiger partial charge in [0.2, 0.25) is 5.91 Å². The van der Waals surface area contributed by atoms with Gasteiger partial charge in [0.05, 0.1) is 6.20 Å². The first-order valence-electron chi connectivity index (χ1n) is 8.88. The number of fused-ring (bicyclic) bond motifs is 1. The summed E-state index contributed by atoms with van der Waals surface area (Å²) in [5, 5.41) is 11.1. The summed E-state index contributed by atoms with van der Waals surface area (Å²) in [4.78, 5) is 24.7. The van der Waals surface area contributed by atoms with Gasteiger partial charge in [0.1, 0.15) is 18.4 Å². The average molecular weight is 331 g/mol. The molecule has 2 aromatic rings. The van der Waals surface area contributed by atoms with Crippen LogP contribution in [-0.4, -0.2) is 31.3 Å². The Balaban J connectivity index is 1.68. The second-order valence-corrected chi connectivity index (χ2v) is 6.62. The molecule has 0 aliphatic heterocycles. The fraction of sp³-hybridized carbons (Fsp3) is 0.647. The molecular weight excluding hydrogens is 306 g/mol. The van der Waals surface area contributed by atoms with Crippen molar-refractivity contribution < 1.29 is 4.79 Å². The Morgan fingerprint density at radius 2 is 2.12 bits per heavy atom. The lowest BCUT2D eigenvalue weighted by atomic mass is 9.82. The molecule has 0 saturated heterocycles. The van der Waals surface area contributed by atoms with E-state index in [9.17, 15) is 9.59 Å². The van der Waals surface area contributed by atoms with E-state index in [1.54, 1.807) is 12.3 Å². The normalized spacial score (nSPS) is 17.0. The van der Waals surface area contributed by atoms with Crippen LogP contribution < -0.4 is 10.9 Å². The molecule has 0 radical (unpaired) electrons. The van der Waals surface area contributed by atoms with Crippen LogP contribution in [0.15, 0.2) is 23.4 Å². The van der Waals surface area contributed by atoms with E-state index in [1.807, 2.05) is 0 Å². The zero-order valence-electron chi connectivity index (χ0n) is 14.1. The van der Waals surface area contributed by atoms with Crippen molar-refractivity contribution in [1.82, 2.24) is 24.7 Å². The molecule has 130 valence electrons. The van der Waals surface area contributed by atoms with Crippen LogP contribution in [0, 0.1) is 5.92 Å². The Morgan fingerprint density at radius 1 is 1.33 bits per heavy atom. The van der Waals surface area contributed by atoms with Crippen molar-refractivity contribution in [1.29, 1.82) is 0 Å². The number of carbonyl (C=O) groups is 1. The van der Waals surface area contributed by atoms with Gasteiger partial charge in [-0.1, -0.05) is 32.6 Å². The summed E-state index contributed by atoms with van der Waals surface area (Å²) < 4.78 is 2.62. The molecule has 1 atom stereocenters. The Morgan fingerprint density at radius 3 is 2.88 bits per heavy atom. The number of hydrogen-bond acceptors (Lipinski definition) is 4. The number of nitrogens with zero attached hydrogens (tertiary/aromatic N) is 4. The minimum atomic E-state index is -0.296. The second kappa shape index (κ2) is 7.59. The number of hydrogen-bond donors (Lipinski definition) is 1. The third-order valence-corrected chi connectivity index (χ3v) is 4.88. The van der Waals surface area contributed by atoms with Gasteiger partial charge in [-0.05, 0) is 31.2 Å². The molecule has 7 nitrogen and oxygen atoms in total. The third kappa shape index (κ3) is 3.66. The molecule has 1 aliphatic rings. The highest BCUT2D eigenvalue weighted by Gasteiger charge is 2.24. The van der Waals surface area contributed by atoms with Crippen molar-refractivity contribution in [3.05, 3.63) is 28.9 Å². The van der Waals surface area contributed by atoms with Crippen molar-refractivity contribution >= 4 is 11.4 Å². The van der Waals surface area contributed by atoms with E-state index >= 15 is 0 Å². The Hall–Kier alpha value is -2.18. The van der Waals surface area contributed by atoms with Gasteiger partial charge < -0.3 is 5.32 Å². The van der Waals surface area contributed by atoms with Gasteiger partial charge in [-0.2, -0.15) is 10.2 Å². The molecule has 0 bridgehead atoms. The van der Waals surface area contributed by atoms with Crippen LogP contribution in [0.4, 0.5) is 0 Å². The lowest BCUT2D eigenvalue weighted by molar-refractivity contribution is -0.123. The first-order valence-corrected chi connectivity index (χ1v) is 8.88. The molecule has 0 spiro atoms. The Kier molecular flexibility index (Phi) is 5.27. The largest absolute Gasteiger partial charge is 0.351 e. The van der Waals surface area contributed by atoms with Crippen LogP contribution in [-0.2, 0) is 11.3 Å². The van der Waals surface area contributed by atoms with Crippen LogP contribution in [0.5, 0.6) is 0 Å². The second-order valence-electron chi connectivity index (χ2n) is 6.62. The molecular formula is C17H25N5O2. The maximum Gasteiger partial charge on any atom is 0.293 e. The highest BCUT2D eigenvalue weighted by atomic mass is 16.2. The van der Waals surface area contributed by atoms with Gasteiger partial charge in [0.25, 0.3) is 5.56 Å². The molecule has 24 heavy (non-hydrogen) atoms. The van der Waals surface area contributed by atoms with Crippen LogP contribution in [0.25, 0.3) is 5.52 Å². The van der Waals surface area contributed by atoms with E-state index in [-0.39, 0.29) is 24.1 Å². The lowest BCUT2D eigenvalue weighted by Gasteiger charge is -2.30. The van der Waals surface area contributed by atoms with Crippen LogP contribution in [0.1, 0.15) is 51.9 Å². The number of carbonyl (C=O) groups excluding carboxylic acids is 1. The molecule has 7 heteroatoms. The summed E-state index contributed by atoms with van der Waals surface area (Å²) in [5.74, 6) is 0.419. The van der Waals surface area contributed by atoms with Gasteiger partial charge in [-0.3, -0.25) is 9.59 Å². The predicted octanol–water partition coefficient (Wildman–Crippen LogP) is 1.76. The van der Waals surface area contributed by atoms with Crippen molar-refractivity contribution in [2.45, 2.75) is 64.5 Å². The van der Waals surface area contributed by atoms with Crippen molar-refractivity contribution in [2.24, 2.45) is 5.92 Å². The molecule has 1 fully saturated rings. The topological polar surface area (TPSA) is 81.3 Å². The fourth-order valence-corrected chi connectivity index (χ4v) is 3.65. The van der Waals surface area contributed by atoms with Crippen LogP contribution in [0.2, 0.25) is 0 Å². The van der Waals surface area contributed by atoms with Crippen LogP contribution in [0.3, 0.4) is 0 Å². The van der Waals surface area contributed by atoms with E-state index in [0.29, 0.717) is 11.4 Å². The summed E-state index contributed by atoms with van der Waals surface area (Å²) in [6.07, 6.45) is 11.2. The molecule has 0 unspecified atom stereocenters. The standard InChI is InChI=1S/C17H25N5O2/c1-2-6-14(13-7-4-3-5-8-13)20-16(23)11-21-17(24)15-9-10-18-22(15)12-19-21/h9-10,12-14H,2-8,11H2,1H3,(H,20,23)/t14-/m1/s1. The Bertz CT molecular complexity index is 745. The molecule has 0 aromatic carbocycles. The van der Waals surface area contributed by atoms with Gasteiger partial charge in [0, 0.05) is 6.04 Å². The summed E-state index contributed by atoms with van der Waals surface area (Å²) in [6, 6.07) is 1.83. The molecule has 1 N–H and O–H groups in total. The smallest absolute Gasteiger partial charge is 0.293 e. The molecule has 2 aromatic heterocycles. The van der Waals surface area contributed by atoms with Gasteiger partial charge in [0.15, 0.2) is 0 Å². The third-order valence-electron chi connectivity index (χ3n) is 4.88. The molecule has 1 saturated carbocycles. The maximum atomic E-state index is 12.4. The SMILES string of the molecule is CCC[C@@H](NC(=O)Cn1ncn2nccc2c1=O)C1CCCCC1. The molecule has 1 aliphatic carbocycles. The zero-order valence-corrected chi connectivity index (χ0v) is 14.1. The monoisotopic (exact) mass is 331 g/mol. The minimum absolute atomic E-state index is 0.0482. The van der Waals surface area contributed by atoms with Gasteiger partial charge in [-0.15, -0.1) is 0 Å². The van der Waals surface area contributed by atoms with E-state index in [0.717, 1.165) is 12.8 Å². The minimum Gasteiger partial charge on any atom is -0.351 e. The number of aromatic nitrogens is 4. The van der Waals surface area contributed by atoms with Crippen molar-refractivity contribution in [2.75, 3.05) is 0 Å². The average Bonchev–Trinajstić information content (AvgIpc) is 3.07. The Labute approximate surface area is 141 Å². The van der Waals surface area contributed by atoms with Crippen LogP contribution >= 0.6 is 0 Å². The fourth-order valence-electron chi connectivity index (χ4n) is 3.65. The number of rotatable bonds is 6. The zero-order chi connectivity index (χ0) is 16.9. The highest BCUT2D eigenvalue weighted by molar-refractivity contribution is 5.76. The van der Waals surface area contributed by atoms with Gasteiger partial charge in [-0.25, -0.2) is 9.20 Å². The summed E-state index contributed by atoms with van der Waals surface area (Å²) >= 11 is 0. The molecule has 1 amide bonds. The number of nitrogens with one attached hydrogen (secondary N) is 1. The quantitative estimate of drug-likeness (QED) is 0.874. The van der Waals surface area contributed by atoms with Gasteiger partial charge >= 0.3 is 0 Å². The van der Waals surface area contributed by atoms with E-state index in [2.05, 4.69) is 22.4 Å². The van der Waals surface area contributed by atoms with Crippen molar-refractivity contribution in [3.63, 3.8) is 0 Å².